The number of ether oxygens (including phenoxy) is 1. The number of hydrogen-bond donors (Lipinski definition) is 2. The van der Waals surface area contributed by atoms with Crippen LogP contribution < -0.4 is 15.8 Å². The first-order valence-corrected chi connectivity index (χ1v) is 6.90. The molecule has 2 unspecified atom stereocenters. The number of benzene rings is 1. The molecule has 1 amide bonds. The van der Waals surface area contributed by atoms with Crippen molar-refractivity contribution in [2.45, 2.75) is 52.2 Å². The first-order valence-electron chi connectivity index (χ1n) is 6.90. The number of hydrogen-bond acceptors (Lipinski definition) is 3. The Kier molecular flexibility index (Phi) is 6.36. The van der Waals surface area contributed by atoms with Crippen molar-refractivity contribution in [3.63, 3.8) is 0 Å². The van der Waals surface area contributed by atoms with E-state index in [1.165, 1.54) is 0 Å². The molecule has 1 rings (SSSR count). The van der Waals surface area contributed by atoms with E-state index in [9.17, 15) is 4.79 Å². The molecule has 19 heavy (non-hydrogen) atoms. The van der Waals surface area contributed by atoms with Crippen LogP contribution in [-0.2, 0) is 4.79 Å². The second-order valence-electron chi connectivity index (χ2n) is 4.75. The normalized spacial score (nSPS) is 13.7. The second kappa shape index (κ2) is 7.79. The summed E-state index contributed by atoms with van der Waals surface area (Å²) in [6, 6.07) is 6.94. The first kappa shape index (κ1) is 15.5. The van der Waals surface area contributed by atoms with Gasteiger partial charge in [0.15, 0.2) is 0 Å². The van der Waals surface area contributed by atoms with Crippen LogP contribution in [0.2, 0.25) is 0 Å². The molecule has 0 aromatic heterocycles. The maximum atomic E-state index is 11.8. The van der Waals surface area contributed by atoms with Crippen LogP contribution in [0.3, 0.4) is 0 Å². The molecule has 0 aliphatic carbocycles. The molecule has 2 atom stereocenters. The molecule has 1 aromatic carbocycles. The van der Waals surface area contributed by atoms with Gasteiger partial charge in [-0.2, -0.15) is 0 Å². The van der Waals surface area contributed by atoms with Crippen LogP contribution in [0.5, 0.6) is 5.75 Å². The molecular formula is C15H24N2O2. The van der Waals surface area contributed by atoms with Gasteiger partial charge in [0.25, 0.3) is 0 Å². The first-order chi connectivity index (χ1) is 9.06. The highest BCUT2D eigenvalue weighted by Crippen LogP contribution is 2.19. The maximum absolute atomic E-state index is 11.8. The number of anilines is 1. The Bertz CT molecular complexity index is 407. The molecule has 3 N–H and O–H groups in total. The van der Waals surface area contributed by atoms with Crippen LogP contribution in [-0.4, -0.2) is 18.1 Å². The van der Waals surface area contributed by atoms with Crippen LogP contribution in [0.15, 0.2) is 24.3 Å². The van der Waals surface area contributed by atoms with Gasteiger partial charge in [0.1, 0.15) is 5.75 Å². The molecule has 0 spiro atoms. The number of amides is 1. The van der Waals surface area contributed by atoms with Crippen LogP contribution in [0.1, 0.15) is 40.0 Å². The van der Waals surface area contributed by atoms with Crippen molar-refractivity contribution in [3.05, 3.63) is 24.3 Å². The van der Waals surface area contributed by atoms with E-state index < -0.39 is 6.04 Å². The molecule has 106 valence electrons. The quantitative estimate of drug-likeness (QED) is 0.796. The zero-order valence-corrected chi connectivity index (χ0v) is 12.0. The van der Waals surface area contributed by atoms with Crippen molar-refractivity contribution in [1.29, 1.82) is 0 Å². The van der Waals surface area contributed by atoms with Gasteiger partial charge < -0.3 is 15.8 Å². The van der Waals surface area contributed by atoms with E-state index in [1.54, 1.807) is 0 Å². The highest BCUT2D eigenvalue weighted by atomic mass is 16.5. The Morgan fingerprint density at radius 2 is 2.16 bits per heavy atom. The Morgan fingerprint density at radius 1 is 1.42 bits per heavy atom. The fourth-order valence-corrected chi connectivity index (χ4v) is 1.64. The summed E-state index contributed by atoms with van der Waals surface area (Å²) < 4.78 is 5.71. The Balaban J connectivity index is 2.64. The minimum atomic E-state index is -0.455. The van der Waals surface area contributed by atoms with E-state index in [0.717, 1.165) is 24.3 Å². The molecule has 0 fully saturated rings. The minimum absolute atomic E-state index is 0.150. The number of carbonyl (C=O) groups is 1. The summed E-state index contributed by atoms with van der Waals surface area (Å²) >= 11 is 0. The van der Waals surface area contributed by atoms with Gasteiger partial charge in [-0.3, -0.25) is 4.79 Å². The Morgan fingerprint density at radius 3 is 2.79 bits per heavy atom. The van der Waals surface area contributed by atoms with Crippen LogP contribution in [0.4, 0.5) is 5.69 Å². The van der Waals surface area contributed by atoms with E-state index >= 15 is 0 Å². The third-order valence-corrected chi connectivity index (χ3v) is 2.95. The van der Waals surface area contributed by atoms with Crippen molar-refractivity contribution in [3.8, 4) is 5.75 Å². The lowest BCUT2D eigenvalue weighted by molar-refractivity contribution is -0.117. The summed E-state index contributed by atoms with van der Waals surface area (Å²) in [5, 5.41) is 2.81. The number of nitrogens with one attached hydrogen (secondary N) is 1. The average molecular weight is 264 g/mol. The highest BCUT2D eigenvalue weighted by Gasteiger charge is 2.12. The summed E-state index contributed by atoms with van der Waals surface area (Å²) in [6.45, 7) is 6.09. The Hall–Kier alpha value is -1.55. The van der Waals surface area contributed by atoms with E-state index in [2.05, 4.69) is 12.2 Å². The van der Waals surface area contributed by atoms with Crippen molar-refractivity contribution in [2.75, 3.05) is 5.32 Å². The fourth-order valence-electron chi connectivity index (χ4n) is 1.64. The van der Waals surface area contributed by atoms with Crippen molar-refractivity contribution >= 4 is 11.6 Å². The molecule has 0 saturated heterocycles. The lowest BCUT2D eigenvalue weighted by Crippen LogP contribution is -2.35. The summed E-state index contributed by atoms with van der Waals surface area (Å²) in [7, 11) is 0. The standard InChI is InChI=1S/C15H24N2O2/c1-4-7-14(16)15(18)17-12-8-6-9-13(10-12)19-11(3)5-2/h6,8-11,14H,4-5,7,16H2,1-3H3,(H,17,18). The zero-order valence-electron chi connectivity index (χ0n) is 12.0. The molecule has 0 aliphatic rings. The molecule has 0 saturated carbocycles. The third kappa shape index (κ3) is 5.30. The number of nitrogens with two attached hydrogens (primary N) is 1. The zero-order chi connectivity index (χ0) is 14.3. The van der Waals surface area contributed by atoms with Gasteiger partial charge in [0, 0.05) is 11.8 Å². The van der Waals surface area contributed by atoms with Crippen molar-refractivity contribution in [1.82, 2.24) is 0 Å². The van der Waals surface area contributed by atoms with E-state index in [0.29, 0.717) is 6.42 Å². The molecule has 0 heterocycles. The van der Waals surface area contributed by atoms with Gasteiger partial charge in [-0.05, 0) is 31.9 Å². The van der Waals surface area contributed by atoms with E-state index in [4.69, 9.17) is 10.5 Å². The van der Waals surface area contributed by atoms with Crippen LogP contribution >= 0.6 is 0 Å². The van der Waals surface area contributed by atoms with Crippen LogP contribution in [0, 0.1) is 0 Å². The predicted molar refractivity (Wildman–Crippen MR) is 78.3 cm³/mol. The predicted octanol–water partition coefficient (Wildman–Crippen LogP) is 2.93. The van der Waals surface area contributed by atoms with Gasteiger partial charge in [-0.15, -0.1) is 0 Å². The Labute approximate surface area is 115 Å². The maximum Gasteiger partial charge on any atom is 0.241 e. The third-order valence-electron chi connectivity index (χ3n) is 2.95. The summed E-state index contributed by atoms with van der Waals surface area (Å²) in [4.78, 5) is 11.8. The SMILES string of the molecule is CCCC(N)C(=O)Nc1cccc(OC(C)CC)c1. The molecular weight excluding hydrogens is 240 g/mol. The second-order valence-corrected chi connectivity index (χ2v) is 4.75. The highest BCUT2D eigenvalue weighted by molar-refractivity contribution is 5.94. The van der Waals surface area contributed by atoms with Gasteiger partial charge in [-0.25, -0.2) is 0 Å². The molecule has 0 aliphatic heterocycles. The average Bonchev–Trinajstić information content (AvgIpc) is 2.39. The molecule has 0 radical (unpaired) electrons. The smallest absolute Gasteiger partial charge is 0.241 e. The largest absolute Gasteiger partial charge is 0.491 e. The fraction of sp³-hybridized carbons (Fsp3) is 0.533. The summed E-state index contributed by atoms with van der Waals surface area (Å²) in [5.74, 6) is 0.610. The molecule has 4 heteroatoms. The topological polar surface area (TPSA) is 64.4 Å². The number of carbonyl (C=O) groups excluding carboxylic acids is 1. The van der Waals surface area contributed by atoms with Crippen molar-refractivity contribution in [2.24, 2.45) is 5.73 Å². The monoisotopic (exact) mass is 264 g/mol. The van der Waals surface area contributed by atoms with Gasteiger partial charge in [0.2, 0.25) is 5.91 Å². The number of rotatable bonds is 7. The molecule has 4 nitrogen and oxygen atoms in total. The van der Waals surface area contributed by atoms with Crippen molar-refractivity contribution < 1.29 is 9.53 Å². The summed E-state index contributed by atoms with van der Waals surface area (Å²) in [6.07, 6.45) is 2.69. The van der Waals surface area contributed by atoms with Gasteiger partial charge in [0.05, 0.1) is 12.1 Å². The van der Waals surface area contributed by atoms with Gasteiger partial charge in [-0.1, -0.05) is 26.3 Å². The van der Waals surface area contributed by atoms with Crippen LogP contribution in [0.25, 0.3) is 0 Å². The lowest BCUT2D eigenvalue weighted by atomic mass is 10.1. The van der Waals surface area contributed by atoms with E-state index in [1.807, 2.05) is 38.1 Å². The minimum Gasteiger partial charge on any atom is -0.491 e. The van der Waals surface area contributed by atoms with E-state index in [-0.39, 0.29) is 12.0 Å². The molecule has 0 bridgehead atoms. The lowest BCUT2D eigenvalue weighted by Gasteiger charge is -2.15. The summed E-state index contributed by atoms with van der Waals surface area (Å²) in [5.41, 5.74) is 6.49. The van der Waals surface area contributed by atoms with Gasteiger partial charge >= 0.3 is 0 Å². The molecule has 1 aromatic rings.